The van der Waals surface area contributed by atoms with Gasteiger partial charge in [-0.05, 0) is 31.5 Å². The zero-order valence-electron chi connectivity index (χ0n) is 15.4. The van der Waals surface area contributed by atoms with E-state index in [9.17, 15) is 14.9 Å². The van der Waals surface area contributed by atoms with Crippen LogP contribution in [0, 0.1) is 17.0 Å². The van der Waals surface area contributed by atoms with Crippen molar-refractivity contribution in [2.45, 2.75) is 20.4 Å². The molecule has 2 aromatic carbocycles. The van der Waals surface area contributed by atoms with Gasteiger partial charge in [0.2, 0.25) is 0 Å². The van der Waals surface area contributed by atoms with Crippen molar-refractivity contribution in [3.05, 3.63) is 80.6 Å². The fourth-order valence-corrected chi connectivity index (χ4v) is 3.02. The van der Waals surface area contributed by atoms with E-state index in [0.29, 0.717) is 29.5 Å². The first-order valence-corrected chi connectivity index (χ1v) is 9.00. The summed E-state index contributed by atoms with van der Waals surface area (Å²) in [5.74, 6) is -0.281. The smallest absolute Gasteiger partial charge is 0.276 e. The van der Waals surface area contributed by atoms with Crippen molar-refractivity contribution in [3.8, 4) is 5.69 Å². The molecule has 0 radical (unpaired) electrons. The minimum Gasteiger partial charge on any atom is -0.333 e. The number of nitrogens with zero attached hydrogens (tertiary/aromatic N) is 5. The van der Waals surface area contributed by atoms with Crippen LogP contribution in [0.3, 0.4) is 0 Å². The SMILES string of the molecule is CCN(Cc1ccccc1Cl)C(=O)c1nnn(-c2cccc([N+](=O)[O-])c2)c1C. The number of rotatable bonds is 6. The van der Waals surface area contributed by atoms with Crippen molar-refractivity contribution in [1.82, 2.24) is 19.9 Å². The summed E-state index contributed by atoms with van der Waals surface area (Å²) < 4.78 is 1.42. The predicted octanol–water partition coefficient (Wildman–Crippen LogP) is 3.80. The predicted molar refractivity (Wildman–Crippen MR) is 105 cm³/mol. The molecule has 144 valence electrons. The first-order chi connectivity index (χ1) is 13.4. The summed E-state index contributed by atoms with van der Waals surface area (Å²) in [6.45, 7) is 4.38. The van der Waals surface area contributed by atoms with E-state index >= 15 is 0 Å². The van der Waals surface area contributed by atoms with Gasteiger partial charge in [-0.2, -0.15) is 0 Å². The van der Waals surface area contributed by atoms with Gasteiger partial charge >= 0.3 is 0 Å². The molecule has 0 aliphatic rings. The highest BCUT2D eigenvalue weighted by molar-refractivity contribution is 6.31. The number of hydrogen-bond acceptors (Lipinski definition) is 5. The molecule has 0 saturated carbocycles. The van der Waals surface area contributed by atoms with E-state index in [2.05, 4.69) is 10.3 Å². The Bertz CT molecular complexity index is 1030. The number of aromatic nitrogens is 3. The summed E-state index contributed by atoms with van der Waals surface area (Å²) in [5.41, 5.74) is 1.94. The van der Waals surface area contributed by atoms with Crippen LogP contribution in [-0.2, 0) is 6.54 Å². The second-order valence-electron chi connectivity index (χ2n) is 6.12. The van der Waals surface area contributed by atoms with Gasteiger partial charge in [0.05, 0.1) is 16.3 Å². The van der Waals surface area contributed by atoms with Crippen molar-refractivity contribution in [3.63, 3.8) is 0 Å². The highest BCUT2D eigenvalue weighted by atomic mass is 35.5. The molecule has 8 nitrogen and oxygen atoms in total. The van der Waals surface area contributed by atoms with E-state index in [1.54, 1.807) is 30.0 Å². The summed E-state index contributed by atoms with van der Waals surface area (Å²) in [6.07, 6.45) is 0. The second-order valence-corrected chi connectivity index (χ2v) is 6.53. The van der Waals surface area contributed by atoms with Gasteiger partial charge in [0, 0.05) is 30.2 Å². The third-order valence-electron chi connectivity index (χ3n) is 4.37. The van der Waals surface area contributed by atoms with Crippen LogP contribution in [0.15, 0.2) is 48.5 Å². The summed E-state index contributed by atoms with van der Waals surface area (Å²) >= 11 is 6.21. The standard InChI is InChI=1S/C19H18ClN5O3/c1-3-23(12-14-7-4-5-10-17(14)20)19(26)18-13(2)24(22-21-18)15-8-6-9-16(11-15)25(27)28/h4-11H,3,12H2,1-2H3. The van der Waals surface area contributed by atoms with E-state index < -0.39 is 4.92 Å². The van der Waals surface area contributed by atoms with Crippen LogP contribution in [-0.4, -0.2) is 37.3 Å². The van der Waals surface area contributed by atoms with Gasteiger partial charge in [-0.15, -0.1) is 5.10 Å². The quantitative estimate of drug-likeness (QED) is 0.464. The number of nitro groups is 1. The lowest BCUT2D eigenvalue weighted by atomic mass is 10.2. The molecular formula is C19H18ClN5O3. The zero-order valence-corrected chi connectivity index (χ0v) is 16.1. The largest absolute Gasteiger partial charge is 0.333 e. The maximum absolute atomic E-state index is 13.0. The fourth-order valence-electron chi connectivity index (χ4n) is 2.82. The fraction of sp³-hybridized carbons (Fsp3) is 0.211. The van der Waals surface area contributed by atoms with Crippen LogP contribution in [0.5, 0.6) is 0 Å². The van der Waals surface area contributed by atoms with Crippen LogP contribution in [0.4, 0.5) is 5.69 Å². The van der Waals surface area contributed by atoms with E-state index in [1.807, 2.05) is 25.1 Å². The summed E-state index contributed by atoms with van der Waals surface area (Å²) in [4.78, 5) is 25.1. The average molecular weight is 400 g/mol. The summed E-state index contributed by atoms with van der Waals surface area (Å²) in [7, 11) is 0. The molecule has 1 amide bonds. The molecule has 0 bridgehead atoms. The van der Waals surface area contributed by atoms with Gasteiger partial charge in [-0.25, -0.2) is 4.68 Å². The Morgan fingerprint density at radius 2 is 2.00 bits per heavy atom. The molecule has 0 atom stereocenters. The van der Waals surface area contributed by atoms with Gasteiger partial charge in [0.15, 0.2) is 5.69 Å². The Morgan fingerprint density at radius 1 is 1.25 bits per heavy atom. The monoisotopic (exact) mass is 399 g/mol. The number of halogens is 1. The van der Waals surface area contributed by atoms with Gasteiger partial charge < -0.3 is 4.90 Å². The number of nitro benzene ring substituents is 1. The van der Waals surface area contributed by atoms with E-state index in [0.717, 1.165) is 5.56 Å². The number of benzene rings is 2. The number of carbonyl (C=O) groups is 1. The molecule has 0 N–H and O–H groups in total. The average Bonchev–Trinajstić information content (AvgIpc) is 3.08. The Morgan fingerprint density at radius 3 is 2.68 bits per heavy atom. The number of hydrogen-bond donors (Lipinski definition) is 0. The van der Waals surface area contributed by atoms with Crippen molar-refractivity contribution < 1.29 is 9.72 Å². The molecule has 0 aliphatic heterocycles. The maximum atomic E-state index is 13.0. The van der Waals surface area contributed by atoms with Crippen molar-refractivity contribution in [1.29, 1.82) is 0 Å². The molecule has 0 unspecified atom stereocenters. The highest BCUT2D eigenvalue weighted by Gasteiger charge is 2.23. The van der Waals surface area contributed by atoms with E-state index in [-0.39, 0.29) is 17.3 Å². The maximum Gasteiger partial charge on any atom is 0.276 e. The third-order valence-corrected chi connectivity index (χ3v) is 4.74. The normalized spacial score (nSPS) is 10.7. The minimum atomic E-state index is -0.482. The molecule has 3 aromatic rings. The van der Waals surface area contributed by atoms with Gasteiger partial charge in [0.25, 0.3) is 11.6 Å². The van der Waals surface area contributed by atoms with E-state index in [4.69, 9.17) is 11.6 Å². The molecular weight excluding hydrogens is 382 g/mol. The Labute approximate surface area is 166 Å². The lowest BCUT2D eigenvalue weighted by Crippen LogP contribution is -2.31. The summed E-state index contributed by atoms with van der Waals surface area (Å²) in [6, 6.07) is 13.4. The molecule has 0 fully saturated rings. The second kappa shape index (κ2) is 8.18. The zero-order chi connectivity index (χ0) is 20.3. The molecule has 1 aromatic heterocycles. The molecule has 3 rings (SSSR count). The Balaban J connectivity index is 1.89. The number of amides is 1. The minimum absolute atomic E-state index is 0.0609. The van der Waals surface area contributed by atoms with Crippen LogP contribution in [0.25, 0.3) is 5.69 Å². The van der Waals surface area contributed by atoms with Gasteiger partial charge in [0.1, 0.15) is 0 Å². The molecule has 1 heterocycles. The first-order valence-electron chi connectivity index (χ1n) is 8.62. The van der Waals surface area contributed by atoms with Gasteiger partial charge in [-0.3, -0.25) is 14.9 Å². The van der Waals surface area contributed by atoms with Crippen molar-refractivity contribution in [2.24, 2.45) is 0 Å². The molecule has 0 aliphatic carbocycles. The van der Waals surface area contributed by atoms with Crippen LogP contribution < -0.4 is 0 Å². The first kappa shape index (κ1) is 19.5. The summed E-state index contributed by atoms with van der Waals surface area (Å²) in [5, 5.41) is 19.6. The van der Waals surface area contributed by atoms with Gasteiger partial charge in [-0.1, -0.05) is 41.1 Å². The topological polar surface area (TPSA) is 94.2 Å². The highest BCUT2D eigenvalue weighted by Crippen LogP contribution is 2.21. The molecule has 0 spiro atoms. The Kier molecular flexibility index (Phi) is 5.70. The third kappa shape index (κ3) is 3.86. The van der Waals surface area contributed by atoms with Crippen LogP contribution in [0.2, 0.25) is 5.02 Å². The lowest BCUT2D eigenvalue weighted by Gasteiger charge is -2.20. The lowest BCUT2D eigenvalue weighted by molar-refractivity contribution is -0.384. The number of carbonyl (C=O) groups excluding carboxylic acids is 1. The number of non-ortho nitro benzene ring substituents is 1. The molecule has 28 heavy (non-hydrogen) atoms. The van der Waals surface area contributed by atoms with Crippen molar-refractivity contribution in [2.75, 3.05) is 6.54 Å². The van der Waals surface area contributed by atoms with Crippen LogP contribution >= 0.6 is 11.6 Å². The van der Waals surface area contributed by atoms with Crippen molar-refractivity contribution >= 4 is 23.2 Å². The molecule has 9 heteroatoms. The van der Waals surface area contributed by atoms with Crippen LogP contribution in [0.1, 0.15) is 28.7 Å². The Hall–Kier alpha value is -3.26. The van der Waals surface area contributed by atoms with E-state index in [1.165, 1.54) is 16.8 Å². The molecule has 0 saturated heterocycles.